The highest BCUT2D eigenvalue weighted by Crippen LogP contribution is 2.44. The molecule has 1 aromatic rings. The average molecular weight is 385 g/mol. The first-order chi connectivity index (χ1) is 13.5. The standard InChI is InChI=1S/C22H24FNO4/c1-13-19(22(26)28-12-16-4-3-11-27-16)20(14-7-9-15(23)10-8-14)21-17(24-13)5-2-6-18(21)25/h7-10,16,19-20,24H,1-6,11-12H2. The van der Waals surface area contributed by atoms with Crippen LogP contribution in [0.4, 0.5) is 4.39 Å². The van der Waals surface area contributed by atoms with E-state index in [1.54, 1.807) is 12.1 Å². The van der Waals surface area contributed by atoms with Gasteiger partial charge < -0.3 is 14.8 Å². The number of esters is 1. The Balaban J connectivity index is 1.67. The molecule has 0 bridgehead atoms. The van der Waals surface area contributed by atoms with Crippen molar-refractivity contribution in [2.24, 2.45) is 5.92 Å². The van der Waals surface area contributed by atoms with Crippen molar-refractivity contribution in [2.75, 3.05) is 13.2 Å². The van der Waals surface area contributed by atoms with E-state index >= 15 is 0 Å². The minimum Gasteiger partial charge on any atom is -0.462 e. The Hall–Kier alpha value is -2.47. The minimum atomic E-state index is -0.743. The highest BCUT2D eigenvalue weighted by molar-refractivity contribution is 6.00. The third-order valence-corrected chi connectivity index (χ3v) is 5.71. The van der Waals surface area contributed by atoms with Crippen molar-refractivity contribution < 1.29 is 23.5 Å². The third kappa shape index (κ3) is 3.61. The molecule has 1 fully saturated rings. The molecule has 0 aromatic heterocycles. The predicted octanol–water partition coefficient (Wildman–Crippen LogP) is 3.37. The number of hydrogen-bond donors (Lipinski definition) is 1. The van der Waals surface area contributed by atoms with Gasteiger partial charge in [-0.25, -0.2) is 4.39 Å². The van der Waals surface area contributed by atoms with Crippen LogP contribution in [0.5, 0.6) is 0 Å². The van der Waals surface area contributed by atoms with Gasteiger partial charge in [-0.2, -0.15) is 0 Å². The zero-order chi connectivity index (χ0) is 19.7. The largest absolute Gasteiger partial charge is 0.462 e. The summed E-state index contributed by atoms with van der Waals surface area (Å²) in [5, 5.41) is 3.18. The Morgan fingerprint density at radius 1 is 1.25 bits per heavy atom. The predicted molar refractivity (Wildman–Crippen MR) is 101 cm³/mol. The minimum absolute atomic E-state index is 0.0208. The van der Waals surface area contributed by atoms with Crippen LogP contribution in [-0.2, 0) is 19.1 Å². The Bertz CT molecular complexity index is 823. The molecule has 1 N–H and O–H groups in total. The van der Waals surface area contributed by atoms with Crippen molar-refractivity contribution >= 4 is 11.8 Å². The molecule has 2 heterocycles. The number of hydrogen-bond acceptors (Lipinski definition) is 5. The van der Waals surface area contributed by atoms with E-state index in [1.165, 1.54) is 12.1 Å². The van der Waals surface area contributed by atoms with E-state index in [0.717, 1.165) is 31.4 Å². The zero-order valence-corrected chi connectivity index (χ0v) is 15.7. The Kier molecular flexibility index (Phi) is 5.31. The Morgan fingerprint density at radius 3 is 2.75 bits per heavy atom. The molecule has 4 rings (SSSR count). The number of carbonyl (C=O) groups excluding carboxylic acids is 2. The molecular weight excluding hydrogens is 361 g/mol. The number of allylic oxidation sites excluding steroid dienone is 2. The van der Waals surface area contributed by atoms with E-state index in [2.05, 4.69) is 11.9 Å². The van der Waals surface area contributed by atoms with E-state index in [1.807, 2.05) is 0 Å². The van der Waals surface area contributed by atoms with Gasteiger partial charge in [-0.15, -0.1) is 0 Å². The summed E-state index contributed by atoms with van der Waals surface area (Å²) in [5.41, 5.74) is 2.65. The highest BCUT2D eigenvalue weighted by Gasteiger charge is 2.44. The molecule has 148 valence electrons. The van der Waals surface area contributed by atoms with Crippen molar-refractivity contribution in [3.8, 4) is 0 Å². The zero-order valence-electron chi connectivity index (χ0n) is 15.7. The van der Waals surface area contributed by atoms with E-state index in [-0.39, 0.29) is 24.3 Å². The van der Waals surface area contributed by atoms with E-state index in [0.29, 0.717) is 29.9 Å². The van der Waals surface area contributed by atoms with Gasteiger partial charge in [0.15, 0.2) is 5.78 Å². The van der Waals surface area contributed by atoms with Crippen molar-refractivity contribution in [1.82, 2.24) is 5.32 Å². The third-order valence-electron chi connectivity index (χ3n) is 5.71. The topological polar surface area (TPSA) is 64.6 Å². The van der Waals surface area contributed by atoms with Crippen LogP contribution in [0.25, 0.3) is 0 Å². The van der Waals surface area contributed by atoms with Crippen LogP contribution >= 0.6 is 0 Å². The molecule has 1 aromatic carbocycles. The number of ketones is 1. The quantitative estimate of drug-likeness (QED) is 0.805. The van der Waals surface area contributed by atoms with Crippen molar-refractivity contribution in [1.29, 1.82) is 0 Å². The number of benzene rings is 1. The molecule has 3 unspecified atom stereocenters. The molecule has 0 radical (unpaired) electrons. The van der Waals surface area contributed by atoms with Crippen LogP contribution in [-0.4, -0.2) is 31.1 Å². The van der Waals surface area contributed by atoms with Gasteiger partial charge in [-0.3, -0.25) is 9.59 Å². The lowest BCUT2D eigenvalue weighted by atomic mass is 9.71. The number of nitrogens with one attached hydrogen (secondary N) is 1. The molecule has 1 saturated heterocycles. The lowest BCUT2D eigenvalue weighted by Crippen LogP contribution is -2.41. The van der Waals surface area contributed by atoms with Crippen molar-refractivity contribution in [3.63, 3.8) is 0 Å². The summed E-state index contributed by atoms with van der Waals surface area (Å²) >= 11 is 0. The fourth-order valence-corrected chi connectivity index (χ4v) is 4.34. The summed E-state index contributed by atoms with van der Waals surface area (Å²) in [5.74, 6) is -2.04. The normalized spacial score (nSPS) is 27.4. The molecule has 3 aliphatic rings. The average Bonchev–Trinajstić information content (AvgIpc) is 3.19. The van der Waals surface area contributed by atoms with Crippen LogP contribution in [0.1, 0.15) is 43.6 Å². The summed E-state index contributed by atoms with van der Waals surface area (Å²) < 4.78 is 24.6. The first kappa shape index (κ1) is 18.9. The van der Waals surface area contributed by atoms with Crippen LogP contribution in [0.3, 0.4) is 0 Å². The summed E-state index contributed by atoms with van der Waals surface area (Å²) in [6.45, 7) is 4.92. The van der Waals surface area contributed by atoms with E-state index < -0.39 is 17.8 Å². The first-order valence-corrected chi connectivity index (χ1v) is 9.80. The summed E-state index contributed by atoms with van der Waals surface area (Å²) in [7, 11) is 0. The van der Waals surface area contributed by atoms with E-state index in [9.17, 15) is 14.0 Å². The number of Topliss-reactive ketones (excluding diaryl/α,β-unsaturated/α-hetero) is 1. The summed E-state index contributed by atoms with van der Waals surface area (Å²) in [6.07, 6.45) is 3.69. The van der Waals surface area contributed by atoms with E-state index in [4.69, 9.17) is 9.47 Å². The second-order valence-electron chi connectivity index (χ2n) is 7.59. The number of ether oxygens (including phenoxy) is 2. The molecule has 6 heteroatoms. The molecule has 28 heavy (non-hydrogen) atoms. The number of carbonyl (C=O) groups is 2. The van der Waals surface area contributed by atoms with Crippen molar-refractivity contribution in [3.05, 3.63) is 59.2 Å². The SMILES string of the molecule is C=C1NC2=C(C(=O)CCC2)C(c2ccc(F)cc2)C1C(=O)OCC1CCCO1. The van der Waals surface area contributed by atoms with Gasteiger partial charge in [0.1, 0.15) is 18.3 Å². The monoisotopic (exact) mass is 385 g/mol. The molecule has 2 aliphatic heterocycles. The number of halogens is 1. The molecule has 3 atom stereocenters. The Morgan fingerprint density at radius 2 is 2.04 bits per heavy atom. The molecule has 5 nitrogen and oxygen atoms in total. The maximum atomic E-state index is 13.5. The summed E-state index contributed by atoms with van der Waals surface area (Å²) in [4.78, 5) is 25.8. The van der Waals surface area contributed by atoms with Gasteiger partial charge in [0.2, 0.25) is 0 Å². The maximum Gasteiger partial charge on any atom is 0.315 e. The smallest absolute Gasteiger partial charge is 0.315 e. The fraction of sp³-hybridized carbons (Fsp3) is 0.455. The van der Waals surface area contributed by atoms with Crippen LogP contribution in [0.2, 0.25) is 0 Å². The molecule has 0 saturated carbocycles. The lowest BCUT2D eigenvalue weighted by Gasteiger charge is -2.38. The molecule has 0 amide bonds. The fourth-order valence-electron chi connectivity index (χ4n) is 4.34. The molecule has 0 spiro atoms. The molecular formula is C22H24FNO4. The van der Waals surface area contributed by atoms with Gasteiger partial charge in [0, 0.05) is 35.9 Å². The maximum absolute atomic E-state index is 13.5. The molecule has 1 aliphatic carbocycles. The van der Waals surface area contributed by atoms with Crippen molar-refractivity contribution in [2.45, 2.75) is 44.1 Å². The second kappa shape index (κ2) is 7.87. The summed E-state index contributed by atoms with van der Waals surface area (Å²) in [6, 6.07) is 5.96. The van der Waals surface area contributed by atoms with Gasteiger partial charge >= 0.3 is 5.97 Å². The highest BCUT2D eigenvalue weighted by atomic mass is 19.1. The second-order valence-corrected chi connectivity index (χ2v) is 7.59. The van der Waals surface area contributed by atoms with Gasteiger partial charge in [0.25, 0.3) is 0 Å². The Labute approximate surface area is 163 Å². The number of rotatable bonds is 4. The van der Waals surface area contributed by atoms with Gasteiger partial charge in [-0.05, 0) is 43.4 Å². The first-order valence-electron chi connectivity index (χ1n) is 9.80. The van der Waals surface area contributed by atoms with Crippen LogP contribution in [0.15, 0.2) is 47.8 Å². The van der Waals surface area contributed by atoms with Crippen LogP contribution < -0.4 is 5.32 Å². The van der Waals surface area contributed by atoms with Gasteiger partial charge in [-0.1, -0.05) is 18.7 Å². The lowest BCUT2D eigenvalue weighted by molar-refractivity contribution is -0.151. The van der Waals surface area contributed by atoms with Crippen LogP contribution in [0, 0.1) is 11.7 Å². The van der Waals surface area contributed by atoms with Gasteiger partial charge in [0.05, 0.1) is 6.10 Å².